The lowest BCUT2D eigenvalue weighted by Crippen LogP contribution is -2.50. The summed E-state index contributed by atoms with van der Waals surface area (Å²) in [4.78, 5) is 15.5. The van der Waals surface area contributed by atoms with Crippen LogP contribution in [-0.2, 0) is 0 Å². The average molecular weight is 267 g/mol. The third-order valence-electron chi connectivity index (χ3n) is 4.64. The highest BCUT2D eigenvalue weighted by molar-refractivity contribution is 5.73. The van der Waals surface area contributed by atoms with Crippen molar-refractivity contribution in [2.24, 2.45) is 5.92 Å². The van der Waals surface area contributed by atoms with Gasteiger partial charge in [0, 0.05) is 39.3 Å². The molecule has 4 heteroatoms. The number of hydrogen-bond donors (Lipinski definition) is 1. The maximum Gasteiger partial charge on any atom is 0.319 e. The van der Waals surface area contributed by atoms with Gasteiger partial charge in [0.05, 0.1) is 0 Å². The standard InChI is InChI=1S/C15H29N3O/c1-12-4-6-13(7-5-12)16-14-8-10-18(11-9-14)15(19)17(2)3/h12-14,16H,4-11H2,1-3H3. The van der Waals surface area contributed by atoms with Gasteiger partial charge >= 0.3 is 6.03 Å². The van der Waals surface area contributed by atoms with E-state index in [2.05, 4.69) is 12.2 Å². The monoisotopic (exact) mass is 267 g/mol. The Morgan fingerprint density at radius 1 is 1.00 bits per heavy atom. The first-order chi connectivity index (χ1) is 9.06. The molecule has 1 aliphatic heterocycles. The third kappa shape index (κ3) is 4.10. The van der Waals surface area contributed by atoms with Gasteiger partial charge in [-0.3, -0.25) is 0 Å². The van der Waals surface area contributed by atoms with Crippen LogP contribution in [0.15, 0.2) is 0 Å². The van der Waals surface area contributed by atoms with Crippen molar-refractivity contribution in [2.75, 3.05) is 27.2 Å². The summed E-state index contributed by atoms with van der Waals surface area (Å²) in [5.74, 6) is 0.914. The van der Waals surface area contributed by atoms with E-state index in [4.69, 9.17) is 0 Å². The Morgan fingerprint density at radius 3 is 2.05 bits per heavy atom. The summed E-state index contributed by atoms with van der Waals surface area (Å²) in [5.41, 5.74) is 0. The molecule has 1 saturated carbocycles. The highest BCUT2D eigenvalue weighted by Crippen LogP contribution is 2.24. The molecule has 0 aromatic rings. The van der Waals surface area contributed by atoms with Crippen LogP contribution < -0.4 is 5.32 Å². The largest absolute Gasteiger partial charge is 0.331 e. The third-order valence-corrected chi connectivity index (χ3v) is 4.64. The molecule has 2 rings (SSSR count). The second-order valence-corrected chi connectivity index (χ2v) is 6.56. The van der Waals surface area contributed by atoms with Crippen molar-refractivity contribution in [1.82, 2.24) is 15.1 Å². The van der Waals surface area contributed by atoms with Gasteiger partial charge in [-0.05, 0) is 44.4 Å². The van der Waals surface area contributed by atoms with Gasteiger partial charge in [-0.15, -0.1) is 0 Å². The molecule has 2 fully saturated rings. The summed E-state index contributed by atoms with van der Waals surface area (Å²) in [6.07, 6.45) is 7.61. The van der Waals surface area contributed by atoms with Crippen LogP contribution in [0, 0.1) is 5.92 Å². The molecule has 4 nitrogen and oxygen atoms in total. The van der Waals surface area contributed by atoms with E-state index in [1.54, 1.807) is 4.90 Å². The van der Waals surface area contributed by atoms with Crippen molar-refractivity contribution >= 4 is 6.03 Å². The Morgan fingerprint density at radius 2 is 1.53 bits per heavy atom. The van der Waals surface area contributed by atoms with Gasteiger partial charge in [-0.1, -0.05) is 6.92 Å². The minimum absolute atomic E-state index is 0.157. The highest BCUT2D eigenvalue weighted by atomic mass is 16.2. The molecule has 1 N–H and O–H groups in total. The summed E-state index contributed by atoms with van der Waals surface area (Å²) in [6.45, 7) is 4.16. The molecule has 1 heterocycles. The van der Waals surface area contributed by atoms with Gasteiger partial charge in [-0.2, -0.15) is 0 Å². The zero-order chi connectivity index (χ0) is 13.8. The van der Waals surface area contributed by atoms with Crippen LogP contribution in [0.2, 0.25) is 0 Å². The summed E-state index contributed by atoms with van der Waals surface area (Å²) in [6, 6.07) is 1.49. The van der Waals surface area contributed by atoms with Crippen LogP contribution >= 0.6 is 0 Å². The van der Waals surface area contributed by atoms with Crippen molar-refractivity contribution in [3.8, 4) is 0 Å². The van der Waals surface area contributed by atoms with Crippen molar-refractivity contribution in [3.05, 3.63) is 0 Å². The molecule has 110 valence electrons. The Hall–Kier alpha value is -0.770. The smallest absolute Gasteiger partial charge is 0.319 e. The average Bonchev–Trinajstić information content (AvgIpc) is 2.41. The molecule has 0 aromatic heterocycles. The first kappa shape index (κ1) is 14.6. The molecule has 0 atom stereocenters. The minimum Gasteiger partial charge on any atom is -0.331 e. The quantitative estimate of drug-likeness (QED) is 0.833. The summed E-state index contributed by atoms with van der Waals surface area (Å²) >= 11 is 0. The van der Waals surface area contributed by atoms with Crippen molar-refractivity contribution in [3.63, 3.8) is 0 Å². The van der Waals surface area contributed by atoms with Gasteiger partial charge in [-0.25, -0.2) is 4.79 Å². The number of carbonyl (C=O) groups excluding carboxylic acids is 1. The lowest BCUT2D eigenvalue weighted by atomic mass is 9.86. The number of nitrogens with zero attached hydrogens (tertiary/aromatic N) is 2. The number of carbonyl (C=O) groups is 1. The van der Waals surface area contributed by atoms with E-state index < -0.39 is 0 Å². The lowest BCUT2D eigenvalue weighted by molar-refractivity contribution is 0.148. The van der Waals surface area contributed by atoms with Gasteiger partial charge in [0.2, 0.25) is 0 Å². The topological polar surface area (TPSA) is 35.6 Å². The van der Waals surface area contributed by atoms with E-state index in [9.17, 15) is 4.79 Å². The molecule has 0 spiro atoms. The lowest BCUT2D eigenvalue weighted by Gasteiger charge is -2.37. The second-order valence-electron chi connectivity index (χ2n) is 6.56. The molecule has 1 saturated heterocycles. The Bertz CT molecular complexity index is 290. The van der Waals surface area contributed by atoms with Crippen LogP contribution in [0.1, 0.15) is 45.4 Å². The van der Waals surface area contributed by atoms with E-state index in [1.807, 2.05) is 19.0 Å². The van der Waals surface area contributed by atoms with Crippen LogP contribution in [-0.4, -0.2) is 55.1 Å². The number of likely N-dealkylation sites (tertiary alicyclic amines) is 1. The van der Waals surface area contributed by atoms with Crippen LogP contribution in [0.4, 0.5) is 4.79 Å². The first-order valence-electron chi connectivity index (χ1n) is 7.78. The van der Waals surface area contributed by atoms with Crippen molar-refractivity contribution < 1.29 is 4.79 Å². The second kappa shape index (κ2) is 6.60. The predicted octanol–water partition coefficient (Wildman–Crippen LogP) is 2.30. The minimum atomic E-state index is 0.157. The maximum absolute atomic E-state index is 11.9. The molecular formula is C15H29N3O. The number of hydrogen-bond acceptors (Lipinski definition) is 2. The van der Waals surface area contributed by atoms with Crippen LogP contribution in [0.5, 0.6) is 0 Å². The van der Waals surface area contributed by atoms with Crippen LogP contribution in [0.3, 0.4) is 0 Å². The molecular weight excluding hydrogens is 238 g/mol. The molecule has 19 heavy (non-hydrogen) atoms. The summed E-state index contributed by atoms with van der Waals surface area (Å²) in [5, 5.41) is 3.82. The van der Waals surface area contributed by atoms with E-state index in [0.29, 0.717) is 6.04 Å². The van der Waals surface area contributed by atoms with Gasteiger partial charge < -0.3 is 15.1 Å². The normalized spacial score (nSPS) is 29.3. The maximum atomic E-state index is 11.9. The highest BCUT2D eigenvalue weighted by Gasteiger charge is 2.26. The zero-order valence-electron chi connectivity index (χ0n) is 12.7. The number of nitrogens with one attached hydrogen (secondary N) is 1. The zero-order valence-corrected chi connectivity index (χ0v) is 12.7. The summed E-state index contributed by atoms with van der Waals surface area (Å²) < 4.78 is 0. The van der Waals surface area contributed by atoms with E-state index >= 15 is 0 Å². The van der Waals surface area contributed by atoms with Crippen molar-refractivity contribution in [1.29, 1.82) is 0 Å². The summed E-state index contributed by atoms with van der Waals surface area (Å²) in [7, 11) is 3.66. The fraction of sp³-hybridized carbons (Fsp3) is 0.933. The van der Waals surface area contributed by atoms with E-state index in [-0.39, 0.29) is 6.03 Å². The molecule has 0 bridgehead atoms. The molecule has 2 aliphatic rings. The predicted molar refractivity (Wildman–Crippen MR) is 78.2 cm³/mol. The Balaban J connectivity index is 1.70. The molecule has 0 aromatic carbocycles. The Kier molecular flexibility index (Phi) is 5.08. The van der Waals surface area contributed by atoms with Crippen LogP contribution in [0.25, 0.3) is 0 Å². The van der Waals surface area contributed by atoms with E-state index in [0.717, 1.165) is 37.9 Å². The van der Waals surface area contributed by atoms with Gasteiger partial charge in [0.25, 0.3) is 0 Å². The van der Waals surface area contributed by atoms with E-state index in [1.165, 1.54) is 25.7 Å². The molecule has 0 unspecified atom stereocenters. The fourth-order valence-electron chi connectivity index (χ4n) is 3.28. The number of urea groups is 1. The molecule has 0 radical (unpaired) electrons. The number of piperidine rings is 1. The van der Waals surface area contributed by atoms with Crippen molar-refractivity contribution in [2.45, 2.75) is 57.5 Å². The molecule has 2 amide bonds. The van der Waals surface area contributed by atoms with Gasteiger partial charge in [0.15, 0.2) is 0 Å². The number of rotatable bonds is 2. The fourth-order valence-corrected chi connectivity index (χ4v) is 3.28. The SMILES string of the molecule is CC1CCC(NC2CCN(C(=O)N(C)C)CC2)CC1. The van der Waals surface area contributed by atoms with Gasteiger partial charge in [0.1, 0.15) is 0 Å². The molecule has 1 aliphatic carbocycles. The first-order valence-corrected chi connectivity index (χ1v) is 7.78. The number of amides is 2. The Labute approximate surface area is 117 Å².